The molecule has 1 aliphatic rings. The molecule has 1 N–H and O–H groups in total. The van der Waals surface area contributed by atoms with Gasteiger partial charge in [0.2, 0.25) is 10.0 Å². The normalized spacial score (nSPS) is 20.1. The van der Waals surface area contributed by atoms with E-state index in [1.807, 2.05) is 6.07 Å². The van der Waals surface area contributed by atoms with Gasteiger partial charge >= 0.3 is 5.97 Å². The Morgan fingerprint density at radius 1 is 1.42 bits per heavy atom. The molecule has 7 heteroatoms. The number of nitriles is 1. The molecule has 1 aromatic carbocycles. The smallest absolute Gasteiger partial charge is 0.307 e. The SMILES string of the molecule is N#Cc1ccccc1S(=O)(=O)N1CCC(C(=O)O)C1. The molecule has 0 aliphatic carbocycles. The minimum Gasteiger partial charge on any atom is -0.481 e. The zero-order chi connectivity index (χ0) is 14.0. The van der Waals surface area contributed by atoms with Crippen molar-refractivity contribution in [1.82, 2.24) is 4.31 Å². The molecule has 0 aromatic heterocycles. The number of benzene rings is 1. The van der Waals surface area contributed by atoms with Gasteiger partial charge in [-0.2, -0.15) is 9.57 Å². The van der Waals surface area contributed by atoms with Gasteiger partial charge in [0, 0.05) is 13.1 Å². The molecule has 0 bridgehead atoms. The van der Waals surface area contributed by atoms with Crippen LogP contribution in [0.5, 0.6) is 0 Å². The second-order valence-electron chi connectivity index (χ2n) is 4.29. The van der Waals surface area contributed by atoms with Crippen molar-refractivity contribution in [2.75, 3.05) is 13.1 Å². The highest BCUT2D eigenvalue weighted by molar-refractivity contribution is 7.89. The van der Waals surface area contributed by atoms with E-state index in [9.17, 15) is 13.2 Å². The number of sulfonamides is 1. The standard InChI is InChI=1S/C12H12N2O4S/c13-7-9-3-1-2-4-11(9)19(17,18)14-6-5-10(8-14)12(15)16/h1-4,10H,5-6,8H2,(H,15,16). The summed E-state index contributed by atoms with van der Waals surface area (Å²) in [6.07, 6.45) is 0.295. The lowest BCUT2D eigenvalue weighted by atomic mass is 10.1. The topological polar surface area (TPSA) is 98.5 Å². The first-order valence-electron chi connectivity index (χ1n) is 5.69. The molecule has 1 aliphatic heterocycles. The Morgan fingerprint density at radius 3 is 2.68 bits per heavy atom. The van der Waals surface area contributed by atoms with Crippen LogP contribution in [-0.4, -0.2) is 36.9 Å². The van der Waals surface area contributed by atoms with E-state index in [4.69, 9.17) is 10.4 Å². The number of hydrogen-bond donors (Lipinski definition) is 1. The Labute approximate surface area is 110 Å². The highest BCUT2D eigenvalue weighted by atomic mass is 32.2. The number of nitrogens with zero attached hydrogens (tertiary/aromatic N) is 2. The van der Waals surface area contributed by atoms with Crippen LogP contribution in [0.2, 0.25) is 0 Å². The Hall–Kier alpha value is -1.91. The molecule has 100 valence electrons. The fourth-order valence-corrected chi connectivity index (χ4v) is 3.71. The first kappa shape index (κ1) is 13.5. The molecule has 1 aromatic rings. The number of aliphatic carboxylic acids is 1. The summed E-state index contributed by atoms with van der Waals surface area (Å²) in [6, 6.07) is 7.75. The quantitative estimate of drug-likeness (QED) is 0.876. The second kappa shape index (κ2) is 4.99. The largest absolute Gasteiger partial charge is 0.481 e. The van der Waals surface area contributed by atoms with Crippen molar-refractivity contribution in [3.05, 3.63) is 29.8 Å². The maximum Gasteiger partial charge on any atom is 0.307 e. The minimum atomic E-state index is -3.80. The molecular weight excluding hydrogens is 268 g/mol. The minimum absolute atomic E-state index is 0.0442. The van der Waals surface area contributed by atoms with Crippen molar-refractivity contribution in [1.29, 1.82) is 5.26 Å². The predicted octanol–water partition coefficient (Wildman–Crippen LogP) is 0.653. The third-order valence-corrected chi connectivity index (χ3v) is 5.05. The number of carboxylic acids is 1. The monoisotopic (exact) mass is 280 g/mol. The Balaban J connectivity index is 2.35. The summed E-state index contributed by atoms with van der Waals surface area (Å²) >= 11 is 0. The van der Waals surface area contributed by atoms with Crippen molar-refractivity contribution >= 4 is 16.0 Å². The van der Waals surface area contributed by atoms with E-state index >= 15 is 0 Å². The molecule has 0 amide bonds. The van der Waals surface area contributed by atoms with E-state index < -0.39 is 21.9 Å². The van der Waals surface area contributed by atoms with E-state index in [2.05, 4.69) is 0 Å². The molecule has 0 radical (unpaired) electrons. The van der Waals surface area contributed by atoms with Gasteiger partial charge in [-0.05, 0) is 18.6 Å². The summed E-state index contributed by atoms with van der Waals surface area (Å²) in [7, 11) is -3.80. The summed E-state index contributed by atoms with van der Waals surface area (Å²) in [4.78, 5) is 10.8. The van der Waals surface area contributed by atoms with Crippen LogP contribution >= 0.6 is 0 Å². The number of rotatable bonds is 3. The van der Waals surface area contributed by atoms with Crippen molar-refractivity contribution in [3.63, 3.8) is 0 Å². The molecule has 1 atom stereocenters. The van der Waals surface area contributed by atoms with Gasteiger partial charge in [-0.1, -0.05) is 12.1 Å². The fourth-order valence-electron chi connectivity index (χ4n) is 2.07. The average Bonchev–Trinajstić information content (AvgIpc) is 2.89. The van der Waals surface area contributed by atoms with Crippen molar-refractivity contribution in [2.45, 2.75) is 11.3 Å². The van der Waals surface area contributed by atoms with Crippen LogP contribution in [0.3, 0.4) is 0 Å². The van der Waals surface area contributed by atoms with Crippen LogP contribution in [0.25, 0.3) is 0 Å². The molecule has 2 rings (SSSR count). The van der Waals surface area contributed by atoms with Crippen LogP contribution < -0.4 is 0 Å². The zero-order valence-electron chi connectivity index (χ0n) is 9.98. The third-order valence-electron chi connectivity index (χ3n) is 3.13. The first-order chi connectivity index (χ1) is 8.96. The van der Waals surface area contributed by atoms with Gasteiger partial charge in [0.05, 0.1) is 16.4 Å². The molecule has 0 spiro atoms. The van der Waals surface area contributed by atoms with Gasteiger partial charge in [-0.15, -0.1) is 0 Å². The molecule has 1 heterocycles. The lowest BCUT2D eigenvalue weighted by Crippen LogP contribution is -2.30. The van der Waals surface area contributed by atoms with E-state index in [-0.39, 0.29) is 23.5 Å². The number of carbonyl (C=O) groups is 1. The van der Waals surface area contributed by atoms with Gasteiger partial charge in [-0.3, -0.25) is 4.79 Å². The predicted molar refractivity (Wildman–Crippen MR) is 65.7 cm³/mol. The van der Waals surface area contributed by atoms with Crippen LogP contribution in [0.1, 0.15) is 12.0 Å². The summed E-state index contributed by atoms with van der Waals surface area (Å²) < 4.78 is 25.9. The van der Waals surface area contributed by atoms with Crippen molar-refractivity contribution in [3.8, 4) is 6.07 Å². The molecular formula is C12H12N2O4S. The second-order valence-corrected chi connectivity index (χ2v) is 6.20. The molecule has 1 saturated heterocycles. The van der Waals surface area contributed by atoms with Crippen molar-refractivity contribution < 1.29 is 18.3 Å². The van der Waals surface area contributed by atoms with Gasteiger partial charge < -0.3 is 5.11 Å². The van der Waals surface area contributed by atoms with Gasteiger partial charge in [0.1, 0.15) is 6.07 Å². The summed E-state index contributed by atoms with van der Waals surface area (Å²) in [5.74, 6) is -1.67. The lowest BCUT2D eigenvalue weighted by molar-refractivity contribution is -0.141. The Kier molecular flexibility index (Phi) is 3.55. The van der Waals surface area contributed by atoms with E-state index in [1.165, 1.54) is 12.1 Å². The fraction of sp³-hybridized carbons (Fsp3) is 0.333. The molecule has 0 saturated carbocycles. The maximum atomic E-state index is 12.4. The highest BCUT2D eigenvalue weighted by Gasteiger charge is 2.36. The number of carboxylic acid groups (broad SMARTS) is 1. The summed E-state index contributed by atoms with van der Waals surface area (Å²) in [5, 5.41) is 17.8. The van der Waals surface area contributed by atoms with Crippen molar-refractivity contribution in [2.24, 2.45) is 5.92 Å². The van der Waals surface area contributed by atoms with Crippen LogP contribution in [0, 0.1) is 17.2 Å². The van der Waals surface area contributed by atoms with E-state index in [0.29, 0.717) is 6.42 Å². The number of hydrogen-bond acceptors (Lipinski definition) is 4. The van der Waals surface area contributed by atoms with Crippen LogP contribution in [0.15, 0.2) is 29.2 Å². The highest BCUT2D eigenvalue weighted by Crippen LogP contribution is 2.26. The van der Waals surface area contributed by atoms with Gasteiger partial charge in [0.15, 0.2) is 0 Å². The van der Waals surface area contributed by atoms with Crippen LogP contribution in [0.4, 0.5) is 0 Å². The molecule has 1 unspecified atom stereocenters. The van der Waals surface area contributed by atoms with E-state index in [1.54, 1.807) is 12.1 Å². The summed E-state index contributed by atoms with van der Waals surface area (Å²) in [5.41, 5.74) is 0.0706. The molecule has 6 nitrogen and oxygen atoms in total. The van der Waals surface area contributed by atoms with Gasteiger partial charge in [0.25, 0.3) is 0 Å². The molecule has 19 heavy (non-hydrogen) atoms. The Bertz CT molecular complexity index is 648. The maximum absolute atomic E-state index is 12.4. The third kappa shape index (κ3) is 2.45. The van der Waals surface area contributed by atoms with Gasteiger partial charge in [-0.25, -0.2) is 8.42 Å². The molecule has 1 fully saturated rings. The summed E-state index contributed by atoms with van der Waals surface area (Å²) in [6.45, 7) is 0.122. The first-order valence-corrected chi connectivity index (χ1v) is 7.13. The Morgan fingerprint density at radius 2 is 2.11 bits per heavy atom. The van der Waals surface area contributed by atoms with Crippen LogP contribution in [-0.2, 0) is 14.8 Å². The van der Waals surface area contributed by atoms with E-state index in [0.717, 1.165) is 4.31 Å². The average molecular weight is 280 g/mol. The zero-order valence-corrected chi connectivity index (χ0v) is 10.8. The lowest BCUT2D eigenvalue weighted by Gasteiger charge is -2.16.